The SMILES string of the molecule is N#Cc1ccc(S(=O)(=O)N2CCCC[C@H]2c2nc(-c3ccccc3)no2)cc1Cl. The first-order valence-electron chi connectivity index (χ1n) is 9.11. The molecule has 0 N–H and O–H groups in total. The molecule has 1 aromatic heterocycles. The fourth-order valence-electron chi connectivity index (χ4n) is 3.40. The number of nitrogens with zero attached hydrogens (tertiary/aromatic N) is 4. The molecule has 0 radical (unpaired) electrons. The van der Waals surface area contributed by atoms with Gasteiger partial charge >= 0.3 is 0 Å². The standard InChI is InChI=1S/C20H17ClN4O3S/c21-17-12-16(10-9-15(17)13-22)29(26,27)25-11-5-4-8-18(25)20-23-19(24-28-20)14-6-2-1-3-7-14/h1-3,6-7,9-10,12,18H,4-5,8,11H2/t18-/m0/s1. The van der Waals surface area contributed by atoms with Crippen molar-refractivity contribution in [3.8, 4) is 17.5 Å². The van der Waals surface area contributed by atoms with Crippen LogP contribution in [0.15, 0.2) is 57.9 Å². The van der Waals surface area contributed by atoms with Crippen LogP contribution in [-0.4, -0.2) is 29.4 Å². The minimum Gasteiger partial charge on any atom is -0.337 e. The highest BCUT2D eigenvalue weighted by Crippen LogP contribution is 2.36. The van der Waals surface area contributed by atoms with Crippen molar-refractivity contribution in [2.45, 2.75) is 30.2 Å². The Kier molecular flexibility index (Phi) is 5.37. The van der Waals surface area contributed by atoms with Crippen LogP contribution in [0, 0.1) is 11.3 Å². The Morgan fingerprint density at radius 1 is 1.17 bits per heavy atom. The van der Waals surface area contributed by atoms with E-state index in [0.717, 1.165) is 18.4 Å². The van der Waals surface area contributed by atoms with Crippen LogP contribution in [0.5, 0.6) is 0 Å². The van der Waals surface area contributed by atoms with Gasteiger partial charge in [-0.3, -0.25) is 0 Å². The molecule has 1 atom stereocenters. The Balaban J connectivity index is 1.68. The topological polar surface area (TPSA) is 100 Å². The summed E-state index contributed by atoms with van der Waals surface area (Å²) < 4.78 is 33.4. The molecule has 7 nitrogen and oxygen atoms in total. The van der Waals surface area contributed by atoms with E-state index in [9.17, 15) is 8.42 Å². The maximum absolute atomic E-state index is 13.3. The molecule has 1 saturated heterocycles. The fraction of sp³-hybridized carbons (Fsp3) is 0.250. The van der Waals surface area contributed by atoms with Crippen LogP contribution < -0.4 is 0 Å². The van der Waals surface area contributed by atoms with Gasteiger partial charge in [-0.15, -0.1) is 0 Å². The summed E-state index contributed by atoms with van der Waals surface area (Å²) in [6.07, 6.45) is 2.17. The molecule has 0 unspecified atom stereocenters. The molecule has 1 fully saturated rings. The highest BCUT2D eigenvalue weighted by Gasteiger charge is 2.37. The molecule has 0 amide bonds. The summed E-state index contributed by atoms with van der Waals surface area (Å²) in [5, 5.41) is 13.2. The van der Waals surface area contributed by atoms with Gasteiger partial charge in [0.2, 0.25) is 21.7 Å². The molecule has 1 aliphatic rings. The number of benzene rings is 2. The molecule has 29 heavy (non-hydrogen) atoms. The van der Waals surface area contributed by atoms with Gasteiger partial charge in [0.1, 0.15) is 12.1 Å². The van der Waals surface area contributed by atoms with Gasteiger partial charge in [0, 0.05) is 12.1 Å². The Morgan fingerprint density at radius 3 is 2.69 bits per heavy atom. The summed E-state index contributed by atoms with van der Waals surface area (Å²) >= 11 is 6.05. The lowest BCUT2D eigenvalue weighted by Crippen LogP contribution is -2.38. The lowest BCUT2D eigenvalue weighted by atomic mass is 10.1. The average Bonchev–Trinajstić information content (AvgIpc) is 3.24. The van der Waals surface area contributed by atoms with E-state index in [1.807, 2.05) is 36.4 Å². The molecule has 148 valence electrons. The van der Waals surface area contributed by atoms with E-state index in [0.29, 0.717) is 18.8 Å². The molecule has 2 heterocycles. The minimum atomic E-state index is -3.85. The van der Waals surface area contributed by atoms with Crippen molar-refractivity contribution in [2.75, 3.05) is 6.54 Å². The molecule has 2 aromatic carbocycles. The van der Waals surface area contributed by atoms with Crippen molar-refractivity contribution in [1.29, 1.82) is 5.26 Å². The second-order valence-corrected chi connectivity index (χ2v) is 9.00. The first kappa shape index (κ1) is 19.6. The summed E-state index contributed by atoms with van der Waals surface area (Å²) in [6, 6.07) is 14.9. The Hall–Kier alpha value is -2.73. The highest BCUT2D eigenvalue weighted by molar-refractivity contribution is 7.89. The van der Waals surface area contributed by atoms with E-state index in [1.54, 1.807) is 0 Å². The number of aromatic nitrogens is 2. The number of halogens is 1. The van der Waals surface area contributed by atoms with Crippen LogP contribution in [0.2, 0.25) is 5.02 Å². The second-order valence-electron chi connectivity index (χ2n) is 6.70. The summed E-state index contributed by atoms with van der Waals surface area (Å²) in [5.74, 6) is 0.691. The molecular weight excluding hydrogens is 412 g/mol. The van der Waals surface area contributed by atoms with Crippen molar-refractivity contribution in [2.24, 2.45) is 0 Å². The Labute approximate surface area is 173 Å². The maximum Gasteiger partial charge on any atom is 0.245 e. The lowest BCUT2D eigenvalue weighted by Gasteiger charge is -2.32. The van der Waals surface area contributed by atoms with Crippen molar-refractivity contribution in [1.82, 2.24) is 14.4 Å². The molecular formula is C20H17ClN4O3S. The number of nitriles is 1. The van der Waals surface area contributed by atoms with Crippen molar-refractivity contribution >= 4 is 21.6 Å². The zero-order valence-corrected chi connectivity index (χ0v) is 16.9. The quantitative estimate of drug-likeness (QED) is 0.618. The maximum atomic E-state index is 13.3. The number of rotatable bonds is 4. The first-order chi connectivity index (χ1) is 14.0. The van der Waals surface area contributed by atoms with Gasteiger partial charge in [0.15, 0.2) is 0 Å². The van der Waals surface area contributed by atoms with E-state index in [1.165, 1.54) is 22.5 Å². The van der Waals surface area contributed by atoms with Crippen LogP contribution in [0.25, 0.3) is 11.4 Å². The summed E-state index contributed by atoms with van der Waals surface area (Å²) in [6.45, 7) is 0.341. The van der Waals surface area contributed by atoms with Gasteiger partial charge < -0.3 is 4.52 Å². The molecule has 3 aromatic rings. The van der Waals surface area contributed by atoms with Gasteiger partial charge in [0.25, 0.3) is 0 Å². The molecule has 0 spiro atoms. The molecule has 0 saturated carbocycles. The second kappa shape index (κ2) is 7.95. The fourth-order valence-corrected chi connectivity index (χ4v) is 5.36. The van der Waals surface area contributed by atoms with Crippen LogP contribution in [0.4, 0.5) is 0 Å². The van der Waals surface area contributed by atoms with Crippen molar-refractivity contribution < 1.29 is 12.9 Å². The largest absolute Gasteiger partial charge is 0.337 e. The van der Waals surface area contributed by atoms with E-state index < -0.39 is 16.1 Å². The van der Waals surface area contributed by atoms with E-state index >= 15 is 0 Å². The summed E-state index contributed by atoms with van der Waals surface area (Å²) in [7, 11) is -3.85. The number of sulfonamides is 1. The highest BCUT2D eigenvalue weighted by atomic mass is 35.5. The van der Waals surface area contributed by atoms with E-state index in [-0.39, 0.29) is 21.4 Å². The van der Waals surface area contributed by atoms with Crippen LogP contribution in [0.3, 0.4) is 0 Å². The summed E-state index contributed by atoms with van der Waals surface area (Å²) in [4.78, 5) is 4.49. The molecule has 0 bridgehead atoms. The number of piperidine rings is 1. The molecule has 4 rings (SSSR count). The third-order valence-corrected chi connectivity index (χ3v) is 7.10. The zero-order valence-electron chi connectivity index (χ0n) is 15.3. The smallest absolute Gasteiger partial charge is 0.245 e. The number of hydrogen-bond acceptors (Lipinski definition) is 6. The molecule has 9 heteroatoms. The van der Waals surface area contributed by atoms with Crippen LogP contribution in [-0.2, 0) is 10.0 Å². The van der Waals surface area contributed by atoms with Gasteiger partial charge in [-0.1, -0.05) is 53.5 Å². The first-order valence-corrected chi connectivity index (χ1v) is 10.9. The average molecular weight is 429 g/mol. The van der Waals surface area contributed by atoms with Crippen molar-refractivity contribution in [3.05, 3.63) is 65.0 Å². The van der Waals surface area contributed by atoms with Gasteiger partial charge in [-0.2, -0.15) is 14.6 Å². The van der Waals surface area contributed by atoms with Crippen molar-refractivity contribution in [3.63, 3.8) is 0 Å². The van der Waals surface area contributed by atoms with Crippen LogP contribution in [0.1, 0.15) is 36.8 Å². The zero-order chi connectivity index (χ0) is 20.4. The van der Waals surface area contributed by atoms with Gasteiger partial charge in [-0.05, 0) is 31.0 Å². The van der Waals surface area contributed by atoms with Gasteiger partial charge in [0.05, 0.1) is 15.5 Å². The third-order valence-electron chi connectivity index (χ3n) is 4.88. The monoisotopic (exact) mass is 428 g/mol. The third kappa shape index (κ3) is 3.77. The normalized spacial score (nSPS) is 17.7. The number of hydrogen-bond donors (Lipinski definition) is 0. The predicted octanol–water partition coefficient (Wildman–Crippen LogP) is 4.18. The predicted molar refractivity (Wildman–Crippen MR) is 106 cm³/mol. The Bertz CT molecular complexity index is 1170. The minimum absolute atomic E-state index is 0.0381. The summed E-state index contributed by atoms with van der Waals surface area (Å²) in [5.41, 5.74) is 1.02. The molecule has 1 aliphatic heterocycles. The van der Waals surface area contributed by atoms with Gasteiger partial charge in [-0.25, -0.2) is 8.42 Å². The molecule has 0 aliphatic carbocycles. The Morgan fingerprint density at radius 2 is 1.97 bits per heavy atom. The van der Waals surface area contributed by atoms with Crippen LogP contribution >= 0.6 is 11.6 Å². The van der Waals surface area contributed by atoms with E-state index in [2.05, 4.69) is 10.1 Å². The lowest BCUT2D eigenvalue weighted by molar-refractivity contribution is 0.204. The van der Waals surface area contributed by atoms with E-state index in [4.69, 9.17) is 21.4 Å².